The monoisotopic (exact) mass is 264 g/mol. The molecule has 0 bridgehead atoms. The first-order valence-electron chi connectivity index (χ1n) is 7.16. The van der Waals surface area contributed by atoms with Gasteiger partial charge in [-0.2, -0.15) is 5.10 Å². The lowest BCUT2D eigenvalue weighted by Gasteiger charge is -2.24. The number of hydrogen-bond acceptors (Lipinski definition) is 3. The summed E-state index contributed by atoms with van der Waals surface area (Å²) in [6.45, 7) is 2.58. The van der Waals surface area contributed by atoms with E-state index in [0.717, 1.165) is 18.4 Å². The van der Waals surface area contributed by atoms with Crippen LogP contribution in [0.3, 0.4) is 0 Å². The van der Waals surface area contributed by atoms with E-state index in [1.165, 1.54) is 19.3 Å². The number of amides is 1. The summed E-state index contributed by atoms with van der Waals surface area (Å²) in [5.74, 6) is 0.107. The minimum absolute atomic E-state index is 0.107. The molecule has 0 radical (unpaired) electrons. The van der Waals surface area contributed by atoms with E-state index in [1.807, 2.05) is 26.4 Å². The van der Waals surface area contributed by atoms with Crippen LogP contribution in [-0.4, -0.2) is 27.8 Å². The fraction of sp³-hybridized carbons (Fsp3) is 0.714. The van der Waals surface area contributed by atoms with Gasteiger partial charge in [0.1, 0.15) is 0 Å². The molecule has 1 atom stereocenters. The van der Waals surface area contributed by atoms with Crippen LogP contribution in [0, 0.1) is 0 Å². The van der Waals surface area contributed by atoms with E-state index in [-0.39, 0.29) is 11.9 Å². The second kappa shape index (κ2) is 6.70. The van der Waals surface area contributed by atoms with Crippen LogP contribution >= 0.6 is 0 Å². The highest BCUT2D eigenvalue weighted by molar-refractivity contribution is 5.81. The van der Waals surface area contributed by atoms with Gasteiger partial charge in [-0.1, -0.05) is 19.3 Å². The van der Waals surface area contributed by atoms with E-state index in [1.54, 1.807) is 4.68 Å². The molecule has 1 aromatic heterocycles. The molecule has 2 rings (SSSR count). The summed E-state index contributed by atoms with van der Waals surface area (Å²) in [7, 11) is 1.89. The normalized spacial score (nSPS) is 18.2. The first-order valence-corrected chi connectivity index (χ1v) is 7.16. The molecular weight excluding hydrogens is 240 g/mol. The van der Waals surface area contributed by atoms with E-state index in [0.29, 0.717) is 12.6 Å². The highest BCUT2D eigenvalue weighted by atomic mass is 16.2. The van der Waals surface area contributed by atoms with Gasteiger partial charge in [-0.3, -0.25) is 9.48 Å². The molecule has 1 aliphatic carbocycles. The van der Waals surface area contributed by atoms with Crippen LogP contribution in [0.4, 0.5) is 0 Å². The molecule has 1 heterocycles. The number of carbonyl (C=O) groups is 1. The fourth-order valence-electron chi connectivity index (χ4n) is 2.50. The van der Waals surface area contributed by atoms with Gasteiger partial charge in [0.05, 0.1) is 12.2 Å². The molecule has 1 saturated carbocycles. The number of nitrogens with zero attached hydrogens (tertiary/aromatic N) is 2. The summed E-state index contributed by atoms with van der Waals surface area (Å²) in [6.07, 6.45) is 9.81. The summed E-state index contributed by atoms with van der Waals surface area (Å²) in [5, 5.41) is 10.5. The van der Waals surface area contributed by atoms with Gasteiger partial charge in [0, 0.05) is 31.4 Å². The topological polar surface area (TPSA) is 59.0 Å². The highest BCUT2D eigenvalue weighted by Crippen LogP contribution is 2.17. The van der Waals surface area contributed by atoms with Gasteiger partial charge in [0.25, 0.3) is 0 Å². The van der Waals surface area contributed by atoms with Crippen LogP contribution in [0.1, 0.15) is 44.6 Å². The first-order chi connectivity index (χ1) is 9.15. The average Bonchev–Trinajstić information content (AvgIpc) is 2.83. The van der Waals surface area contributed by atoms with Gasteiger partial charge in [0.2, 0.25) is 5.91 Å². The summed E-state index contributed by atoms with van der Waals surface area (Å²) >= 11 is 0. The van der Waals surface area contributed by atoms with Crippen molar-refractivity contribution in [3.8, 4) is 0 Å². The molecule has 5 heteroatoms. The van der Waals surface area contributed by atoms with Crippen molar-refractivity contribution in [2.75, 3.05) is 0 Å². The Hall–Kier alpha value is -1.36. The number of aryl methyl sites for hydroxylation is 1. The largest absolute Gasteiger partial charge is 0.352 e. The fourth-order valence-corrected chi connectivity index (χ4v) is 2.50. The second-order valence-corrected chi connectivity index (χ2v) is 5.47. The summed E-state index contributed by atoms with van der Waals surface area (Å²) in [4.78, 5) is 12.0. The molecule has 0 spiro atoms. The highest BCUT2D eigenvalue weighted by Gasteiger charge is 2.19. The Balaban J connectivity index is 1.72. The van der Waals surface area contributed by atoms with Gasteiger partial charge in [0.15, 0.2) is 0 Å². The quantitative estimate of drug-likeness (QED) is 0.844. The minimum atomic E-state index is -0.165. The SMILES string of the molecule is CC(NCc1cnn(C)c1)C(=O)NC1CCCCC1. The third-order valence-corrected chi connectivity index (χ3v) is 3.72. The van der Waals surface area contributed by atoms with Crippen LogP contribution in [0.5, 0.6) is 0 Å². The number of hydrogen-bond donors (Lipinski definition) is 2. The maximum Gasteiger partial charge on any atom is 0.237 e. The Morgan fingerprint density at radius 1 is 1.47 bits per heavy atom. The number of rotatable bonds is 5. The average molecular weight is 264 g/mol. The van der Waals surface area contributed by atoms with Crippen LogP contribution in [-0.2, 0) is 18.4 Å². The molecule has 1 amide bonds. The van der Waals surface area contributed by atoms with Gasteiger partial charge in [-0.15, -0.1) is 0 Å². The molecule has 1 unspecified atom stereocenters. The zero-order valence-electron chi connectivity index (χ0n) is 11.9. The molecule has 1 aliphatic rings. The van der Waals surface area contributed by atoms with Crippen molar-refractivity contribution in [2.45, 2.75) is 57.7 Å². The lowest BCUT2D eigenvalue weighted by Crippen LogP contribution is -2.46. The third kappa shape index (κ3) is 4.35. The van der Waals surface area contributed by atoms with Crippen molar-refractivity contribution >= 4 is 5.91 Å². The lowest BCUT2D eigenvalue weighted by atomic mass is 9.95. The predicted octanol–water partition coefficient (Wildman–Crippen LogP) is 1.35. The van der Waals surface area contributed by atoms with Crippen molar-refractivity contribution in [3.63, 3.8) is 0 Å². The zero-order chi connectivity index (χ0) is 13.7. The van der Waals surface area contributed by atoms with Gasteiger partial charge >= 0.3 is 0 Å². The molecule has 2 N–H and O–H groups in total. The van der Waals surface area contributed by atoms with Crippen LogP contribution in [0.15, 0.2) is 12.4 Å². The van der Waals surface area contributed by atoms with Crippen molar-refractivity contribution in [1.82, 2.24) is 20.4 Å². The maximum atomic E-state index is 12.0. The smallest absolute Gasteiger partial charge is 0.237 e. The van der Waals surface area contributed by atoms with Gasteiger partial charge in [-0.05, 0) is 19.8 Å². The number of nitrogens with one attached hydrogen (secondary N) is 2. The van der Waals surface area contributed by atoms with Crippen molar-refractivity contribution in [2.24, 2.45) is 7.05 Å². The molecule has 106 valence electrons. The standard InChI is InChI=1S/C14H24N4O/c1-11(15-8-12-9-16-18(2)10-12)14(19)17-13-6-4-3-5-7-13/h9-11,13,15H,3-8H2,1-2H3,(H,17,19). The minimum Gasteiger partial charge on any atom is -0.352 e. The Kier molecular flexibility index (Phi) is 4.96. The van der Waals surface area contributed by atoms with Crippen molar-refractivity contribution in [3.05, 3.63) is 18.0 Å². The van der Waals surface area contributed by atoms with Crippen LogP contribution < -0.4 is 10.6 Å². The lowest BCUT2D eigenvalue weighted by molar-refractivity contribution is -0.123. The third-order valence-electron chi connectivity index (χ3n) is 3.72. The van der Waals surface area contributed by atoms with Crippen molar-refractivity contribution in [1.29, 1.82) is 0 Å². The predicted molar refractivity (Wildman–Crippen MR) is 74.5 cm³/mol. The summed E-state index contributed by atoms with van der Waals surface area (Å²) < 4.78 is 1.77. The van der Waals surface area contributed by atoms with Crippen LogP contribution in [0.2, 0.25) is 0 Å². The first kappa shape index (κ1) is 14.1. The zero-order valence-corrected chi connectivity index (χ0v) is 11.9. The molecule has 1 aromatic rings. The molecule has 0 aromatic carbocycles. The number of carbonyl (C=O) groups excluding carboxylic acids is 1. The van der Waals surface area contributed by atoms with E-state index in [4.69, 9.17) is 0 Å². The molecule has 19 heavy (non-hydrogen) atoms. The Morgan fingerprint density at radius 2 is 2.21 bits per heavy atom. The van der Waals surface area contributed by atoms with E-state index < -0.39 is 0 Å². The van der Waals surface area contributed by atoms with E-state index in [2.05, 4.69) is 15.7 Å². The molecule has 0 aliphatic heterocycles. The maximum absolute atomic E-state index is 12.0. The Labute approximate surface area is 114 Å². The number of aromatic nitrogens is 2. The molecular formula is C14H24N4O. The molecule has 0 saturated heterocycles. The van der Waals surface area contributed by atoms with Crippen molar-refractivity contribution < 1.29 is 4.79 Å². The molecule has 1 fully saturated rings. The van der Waals surface area contributed by atoms with E-state index >= 15 is 0 Å². The Bertz CT molecular complexity index is 409. The molecule has 5 nitrogen and oxygen atoms in total. The van der Waals surface area contributed by atoms with Gasteiger partial charge < -0.3 is 10.6 Å². The second-order valence-electron chi connectivity index (χ2n) is 5.47. The van der Waals surface area contributed by atoms with Gasteiger partial charge in [-0.25, -0.2) is 0 Å². The Morgan fingerprint density at radius 3 is 2.84 bits per heavy atom. The summed E-state index contributed by atoms with van der Waals surface area (Å²) in [5.41, 5.74) is 1.10. The van der Waals surface area contributed by atoms with Crippen LogP contribution in [0.25, 0.3) is 0 Å². The summed E-state index contributed by atoms with van der Waals surface area (Å²) in [6, 6.07) is 0.214. The van der Waals surface area contributed by atoms with E-state index in [9.17, 15) is 4.79 Å².